The minimum atomic E-state index is 0. The third kappa shape index (κ3) is 5.07. The smallest absolute Gasteiger partial charge is 0.158 e. The molecule has 3 nitrogen and oxygen atoms in total. The van der Waals surface area contributed by atoms with Gasteiger partial charge in [0.05, 0.1) is 0 Å². The summed E-state index contributed by atoms with van der Waals surface area (Å²) in [6.07, 6.45) is 1.87. The van der Waals surface area contributed by atoms with Crippen LogP contribution in [0.5, 0.6) is 0 Å². The normalized spacial score (nSPS) is 11.4. The predicted molar refractivity (Wildman–Crippen MR) is 182 cm³/mol. The van der Waals surface area contributed by atoms with Crippen molar-refractivity contribution in [1.82, 2.24) is 10.1 Å². The molecule has 0 N–H and O–H groups in total. The Hall–Kier alpha value is -4.89. The van der Waals surface area contributed by atoms with Gasteiger partial charge in [0.15, 0.2) is 5.58 Å². The van der Waals surface area contributed by atoms with Crippen molar-refractivity contribution in [2.24, 2.45) is 0 Å². The van der Waals surface area contributed by atoms with Gasteiger partial charge in [-0.3, -0.25) is 0 Å². The van der Waals surface area contributed by atoms with E-state index in [4.69, 9.17) is 4.52 Å². The summed E-state index contributed by atoms with van der Waals surface area (Å²) >= 11 is 0. The Balaban J connectivity index is 0.000000147. The molecule has 0 spiro atoms. The summed E-state index contributed by atoms with van der Waals surface area (Å²) in [6.45, 7) is 4.41. The molecule has 7 aromatic carbocycles. The Labute approximate surface area is 275 Å². The average molecular weight is 757 g/mol. The largest absolute Gasteiger partial charge is 0.366 e. The molecule has 2 aromatic heterocycles. The Kier molecular flexibility index (Phi) is 7.63. The molecule has 0 aliphatic rings. The van der Waals surface area contributed by atoms with E-state index in [1.807, 2.05) is 42.6 Å². The quantitative estimate of drug-likeness (QED) is 0.133. The van der Waals surface area contributed by atoms with Crippen molar-refractivity contribution in [1.29, 1.82) is 0 Å². The molecule has 1 radical (unpaired) electrons. The average Bonchev–Trinajstić information content (AvgIpc) is 3.51. The second-order valence-corrected chi connectivity index (χ2v) is 11.5. The van der Waals surface area contributed by atoms with Crippen molar-refractivity contribution in [3.05, 3.63) is 145 Å². The van der Waals surface area contributed by atoms with Gasteiger partial charge < -0.3 is 9.51 Å². The Bertz CT molecular complexity index is 2410. The topological polar surface area (TPSA) is 38.9 Å². The molecule has 0 bridgehead atoms. The molecule has 4 heteroatoms. The minimum Gasteiger partial charge on any atom is -0.366 e. The van der Waals surface area contributed by atoms with Crippen LogP contribution in [0, 0.1) is 12.1 Å². The number of rotatable bonds is 3. The maximum absolute atomic E-state index is 5.68. The Morgan fingerprint density at radius 2 is 1.33 bits per heavy atom. The predicted octanol–water partition coefficient (Wildman–Crippen LogP) is 11.0. The van der Waals surface area contributed by atoms with E-state index in [0.29, 0.717) is 5.92 Å². The van der Waals surface area contributed by atoms with Crippen LogP contribution in [0.1, 0.15) is 25.3 Å². The second-order valence-electron chi connectivity index (χ2n) is 11.5. The van der Waals surface area contributed by atoms with Gasteiger partial charge in [0.25, 0.3) is 0 Å². The van der Waals surface area contributed by atoms with E-state index in [1.165, 1.54) is 48.7 Å². The van der Waals surface area contributed by atoms with Crippen LogP contribution in [0.2, 0.25) is 0 Å². The first kappa shape index (κ1) is 28.9. The first-order valence-electron chi connectivity index (χ1n) is 14.9. The number of benzene rings is 7. The third-order valence-corrected chi connectivity index (χ3v) is 8.47. The van der Waals surface area contributed by atoms with Gasteiger partial charge in [-0.05, 0) is 66.8 Å². The summed E-state index contributed by atoms with van der Waals surface area (Å²) in [5.74, 6) is 0.517. The van der Waals surface area contributed by atoms with Crippen molar-refractivity contribution < 1.29 is 24.6 Å². The standard InChI is InChI=1S/C23H12NO.C18H16N.Ir/c1-2-5-16(6-3-1)23-22-18-12-11-15-8-4-7-14-9-10-17(21(18)20(14)15)13-19(22)25-24-23;1-13(2)15-7-5-8-16(12-15)18-17-9-4-3-6-14(17)10-11-19-18;/h1-5,7-13H;3-7,9-13H,1-2H3;/q2*-1;. The number of pyridine rings is 1. The van der Waals surface area contributed by atoms with Gasteiger partial charge in [0.2, 0.25) is 0 Å². The summed E-state index contributed by atoms with van der Waals surface area (Å²) in [5, 5.41) is 15.3. The first-order chi connectivity index (χ1) is 21.7. The fourth-order valence-corrected chi connectivity index (χ4v) is 6.28. The molecule has 0 saturated carbocycles. The van der Waals surface area contributed by atoms with Crippen molar-refractivity contribution in [2.75, 3.05) is 0 Å². The summed E-state index contributed by atoms with van der Waals surface area (Å²) < 4.78 is 5.68. The van der Waals surface area contributed by atoms with Crippen LogP contribution in [0.15, 0.2) is 132 Å². The molecule has 9 aromatic rings. The number of fused-ring (bicyclic) bond motifs is 3. The van der Waals surface area contributed by atoms with Gasteiger partial charge >= 0.3 is 0 Å². The number of nitrogens with zero attached hydrogens (tertiary/aromatic N) is 2. The van der Waals surface area contributed by atoms with E-state index in [0.717, 1.165) is 33.5 Å². The molecular formula is C41H28IrN2O-2. The maximum atomic E-state index is 5.68. The Morgan fingerprint density at radius 1 is 0.578 bits per heavy atom. The fraction of sp³-hybridized carbons (Fsp3) is 0.0732. The van der Waals surface area contributed by atoms with Crippen molar-refractivity contribution in [3.63, 3.8) is 0 Å². The molecular weight excluding hydrogens is 729 g/mol. The van der Waals surface area contributed by atoms with E-state index in [9.17, 15) is 0 Å². The summed E-state index contributed by atoms with van der Waals surface area (Å²) in [6, 6.07) is 48.5. The first-order valence-corrected chi connectivity index (χ1v) is 14.9. The zero-order chi connectivity index (χ0) is 29.6. The van der Waals surface area contributed by atoms with Crippen molar-refractivity contribution in [3.8, 4) is 22.5 Å². The molecule has 2 heterocycles. The zero-order valence-corrected chi connectivity index (χ0v) is 27.2. The Morgan fingerprint density at radius 3 is 2.16 bits per heavy atom. The van der Waals surface area contributed by atoms with E-state index >= 15 is 0 Å². The molecule has 0 atom stereocenters. The number of hydrogen-bond acceptors (Lipinski definition) is 3. The van der Waals surface area contributed by atoms with Gasteiger partial charge in [0, 0.05) is 37.4 Å². The van der Waals surface area contributed by atoms with Crippen molar-refractivity contribution >= 4 is 54.1 Å². The summed E-state index contributed by atoms with van der Waals surface area (Å²) in [4.78, 5) is 4.55. The van der Waals surface area contributed by atoms with Crippen LogP contribution in [0.4, 0.5) is 0 Å². The molecule has 0 aliphatic carbocycles. The van der Waals surface area contributed by atoms with E-state index in [2.05, 4.69) is 121 Å². The molecule has 0 unspecified atom stereocenters. The van der Waals surface area contributed by atoms with Gasteiger partial charge in [0.1, 0.15) is 0 Å². The minimum absolute atomic E-state index is 0. The van der Waals surface area contributed by atoms with Gasteiger partial charge in [-0.15, -0.1) is 76.4 Å². The van der Waals surface area contributed by atoms with Crippen LogP contribution >= 0.6 is 0 Å². The second kappa shape index (κ2) is 11.9. The molecule has 0 saturated heterocycles. The SMILES string of the molecule is CC(C)c1cc[c-]c(-c2nccc3ccccc23)c1.[Ir].[c-]1ccccc1-c1noc2cc3ccc4cccc5ccc(c12)c3c45. The summed E-state index contributed by atoms with van der Waals surface area (Å²) in [5.41, 5.74) is 6.04. The molecule has 219 valence electrons. The molecule has 0 aliphatic heterocycles. The van der Waals surface area contributed by atoms with E-state index < -0.39 is 0 Å². The monoisotopic (exact) mass is 757 g/mol. The van der Waals surface area contributed by atoms with Gasteiger partial charge in [-0.1, -0.05) is 80.6 Å². The van der Waals surface area contributed by atoms with E-state index in [-0.39, 0.29) is 20.1 Å². The van der Waals surface area contributed by atoms with Crippen LogP contribution in [0.3, 0.4) is 0 Å². The van der Waals surface area contributed by atoms with E-state index in [1.54, 1.807) is 0 Å². The van der Waals surface area contributed by atoms with Crippen LogP contribution in [-0.2, 0) is 20.1 Å². The van der Waals surface area contributed by atoms with Crippen LogP contribution < -0.4 is 0 Å². The van der Waals surface area contributed by atoms with Crippen LogP contribution in [0.25, 0.3) is 76.6 Å². The number of hydrogen-bond donors (Lipinski definition) is 0. The molecule has 0 fully saturated rings. The molecule has 9 rings (SSSR count). The van der Waals surface area contributed by atoms with Crippen molar-refractivity contribution in [2.45, 2.75) is 19.8 Å². The molecule has 45 heavy (non-hydrogen) atoms. The van der Waals surface area contributed by atoms with Gasteiger partial charge in [-0.25, -0.2) is 0 Å². The number of aromatic nitrogens is 2. The maximum Gasteiger partial charge on any atom is 0.158 e. The van der Waals surface area contributed by atoms with Gasteiger partial charge in [-0.2, -0.15) is 0 Å². The van der Waals surface area contributed by atoms with Crippen LogP contribution in [-0.4, -0.2) is 10.1 Å². The summed E-state index contributed by atoms with van der Waals surface area (Å²) in [7, 11) is 0. The zero-order valence-electron chi connectivity index (χ0n) is 24.8. The fourth-order valence-electron chi connectivity index (χ4n) is 6.28. The third-order valence-electron chi connectivity index (χ3n) is 8.47. The molecule has 0 amide bonds.